The number of piperidine rings is 3. The van der Waals surface area contributed by atoms with E-state index in [9.17, 15) is 4.79 Å². The summed E-state index contributed by atoms with van der Waals surface area (Å²) in [5.41, 5.74) is 0.723. The normalized spacial score (nSPS) is 27.4. The number of carbonyl (C=O) groups is 1. The summed E-state index contributed by atoms with van der Waals surface area (Å²) in [5.74, 6) is 1.40. The number of fused-ring (bicyclic) bond motifs is 3. The summed E-state index contributed by atoms with van der Waals surface area (Å²) in [6.45, 7) is 3.87. The first-order valence-electron chi connectivity index (χ1n) is 7.65. The van der Waals surface area contributed by atoms with Gasteiger partial charge >= 0.3 is 0 Å². The number of benzene rings is 1. The molecule has 2 bridgehead atoms. The number of para-hydroxylation sites is 2. The maximum Gasteiger partial charge on any atom is 0.238 e. The Bertz CT molecular complexity index is 498. The van der Waals surface area contributed by atoms with E-state index in [1.165, 1.54) is 25.9 Å². The predicted octanol–water partition coefficient (Wildman–Crippen LogP) is 1.32. The molecule has 4 rings (SSSR count). The van der Waals surface area contributed by atoms with Gasteiger partial charge in [0.2, 0.25) is 5.91 Å². The lowest BCUT2D eigenvalue weighted by atomic mass is 9.84. The quantitative estimate of drug-likeness (QED) is 0.858. The van der Waals surface area contributed by atoms with Gasteiger partial charge in [-0.25, -0.2) is 0 Å². The van der Waals surface area contributed by atoms with E-state index in [0.717, 1.165) is 18.2 Å². The molecule has 3 aliphatic rings. The zero-order chi connectivity index (χ0) is 14.7. The largest absolute Gasteiger partial charge is 0.495 e. The Morgan fingerprint density at radius 3 is 2.76 bits per heavy atom. The van der Waals surface area contributed by atoms with Crippen molar-refractivity contribution in [3.8, 4) is 5.75 Å². The molecular weight excluding hydrogens is 266 g/mol. The minimum atomic E-state index is -0.0176. The van der Waals surface area contributed by atoms with Crippen molar-refractivity contribution in [2.45, 2.75) is 18.9 Å². The molecule has 1 unspecified atom stereocenters. The van der Waals surface area contributed by atoms with Gasteiger partial charge in [-0.15, -0.1) is 0 Å². The van der Waals surface area contributed by atoms with Crippen LogP contribution in [-0.4, -0.2) is 50.1 Å². The molecule has 3 heterocycles. The van der Waals surface area contributed by atoms with Crippen molar-refractivity contribution in [1.29, 1.82) is 0 Å². The molecule has 1 aromatic carbocycles. The van der Waals surface area contributed by atoms with Crippen LogP contribution in [0.5, 0.6) is 5.75 Å². The van der Waals surface area contributed by atoms with Crippen molar-refractivity contribution < 1.29 is 9.53 Å². The van der Waals surface area contributed by atoms with Crippen LogP contribution in [0.3, 0.4) is 0 Å². The Morgan fingerprint density at radius 2 is 2.10 bits per heavy atom. The van der Waals surface area contributed by atoms with E-state index in [-0.39, 0.29) is 5.91 Å². The molecule has 21 heavy (non-hydrogen) atoms. The molecule has 3 saturated heterocycles. The van der Waals surface area contributed by atoms with Gasteiger partial charge in [-0.2, -0.15) is 0 Å². The monoisotopic (exact) mass is 289 g/mol. The molecule has 3 aliphatic heterocycles. The second-order valence-electron chi connectivity index (χ2n) is 5.87. The lowest BCUT2D eigenvalue weighted by molar-refractivity contribution is -0.115. The van der Waals surface area contributed by atoms with E-state index in [1.54, 1.807) is 7.11 Å². The molecule has 0 aromatic heterocycles. The lowest BCUT2D eigenvalue weighted by Gasteiger charge is -2.45. The number of nitrogens with one attached hydrogen (secondary N) is 2. The van der Waals surface area contributed by atoms with E-state index in [4.69, 9.17) is 4.74 Å². The fraction of sp³-hybridized carbons (Fsp3) is 0.562. The van der Waals surface area contributed by atoms with Crippen LogP contribution in [-0.2, 0) is 4.79 Å². The van der Waals surface area contributed by atoms with Gasteiger partial charge in [0.05, 0.1) is 19.3 Å². The van der Waals surface area contributed by atoms with Gasteiger partial charge in [-0.3, -0.25) is 4.79 Å². The number of hydrogen-bond acceptors (Lipinski definition) is 4. The Kier molecular flexibility index (Phi) is 4.41. The first kappa shape index (κ1) is 14.4. The molecule has 3 fully saturated rings. The van der Waals surface area contributed by atoms with E-state index in [1.807, 2.05) is 24.3 Å². The minimum absolute atomic E-state index is 0.0176. The minimum Gasteiger partial charge on any atom is -0.495 e. The third-order valence-electron chi connectivity index (χ3n) is 4.56. The summed E-state index contributed by atoms with van der Waals surface area (Å²) in [4.78, 5) is 14.6. The van der Waals surface area contributed by atoms with Gasteiger partial charge in [0, 0.05) is 12.6 Å². The molecule has 114 valence electrons. The average Bonchev–Trinajstić information content (AvgIpc) is 2.54. The van der Waals surface area contributed by atoms with Gasteiger partial charge < -0.3 is 20.3 Å². The van der Waals surface area contributed by atoms with E-state index in [0.29, 0.717) is 18.3 Å². The summed E-state index contributed by atoms with van der Waals surface area (Å²) in [6.07, 6.45) is 2.51. The summed E-state index contributed by atoms with van der Waals surface area (Å²) in [6, 6.07) is 7.93. The molecule has 2 N–H and O–H groups in total. The summed E-state index contributed by atoms with van der Waals surface area (Å²) < 4.78 is 5.24. The lowest BCUT2D eigenvalue weighted by Crippen LogP contribution is -2.57. The van der Waals surface area contributed by atoms with Gasteiger partial charge in [0.15, 0.2) is 0 Å². The van der Waals surface area contributed by atoms with Crippen molar-refractivity contribution >= 4 is 11.6 Å². The Balaban J connectivity index is 1.50. The van der Waals surface area contributed by atoms with Crippen LogP contribution in [0.15, 0.2) is 24.3 Å². The highest BCUT2D eigenvalue weighted by Crippen LogP contribution is 2.27. The molecule has 0 spiro atoms. The topological polar surface area (TPSA) is 53.6 Å². The predicted molar refractivity (Wildman–Crippen MR) is 82.6 cm³/mol. The zero-order valence-corrected chi connectivity index (χ0v) is 12.5. The van der Waals surface area contributed by atoms with Gasteiger partial charge in [0.25, 0.3) is 0 Å². The van der Waals surface area contributed by atoms with Crippen molar-refractivity contribution in [2.75, 3.05) is 38.6 Å². The van der Waals surface area contributed by atoms with E-state index < -0.39 is 0 Å². The maximum absolute atomic E-state index is 12.1. The zero-order valence-electron chi connectivity index (χ0n) is 12.5. The molecule has 1 atom stereocenters. The van der Waals surface area contributed by atoms with Crippen molar-refractivity contribution in [3.63, 3.8) is 0 Å². The summed E-state index contributed by atoms with van der Waals surface area (Å²) >= 11 is 0. The number of anilines is 1. The standard InChI is InChI=1S/C16H23N3O2/c1-21-15-5-3-2-4-13(15)18-16(20)10-17-14-11-19-8-6-12(14)7-9-19/h2-5,12,14,17H,6-11H2,1H3,(H,18,20). The van der Waals surface area contributed by atoms with Crippen LogP contribution in [0, 0.1) is 5.92 Å². The third-order valence-corrected chi connectivity index (χ3v) is 4.56. The summed E-state index contributed by atoms with van der Waals surface area (Å²) in [7, 11) is 1.61. The number of nitrogens with zero attached hydrogens (tertiary/aromatic N) is 1. The first-order chi connectivity index (χ1) is 10.3. The average molecular weight is 289 g/mol. The smallest absolute Gasteiger partial charge is 0.238 e. The van der Waals surface area contributed by atoms with Gasteiger partial charge in [0.1, 0.15) is 5.75 Å². The van der Waals surface area contributed by atoms with Crippen LogP contribution in [0.4, 0.5) is 5.69 Å². The van der Waals surface area contributed by atoms with E-state index >= 15 is 0 Å². The SMILES string of the molecule is COc1ccccc1NC(=O)CNC1CN2CCC1CC2. The molecule has 5 heteroatoms. The van der Waals surface area contributed by atoms with Crippen molar-refractivity contribution in [1.82, 2.24) is 10.2 Å². The van der Waals surface area contributed by atoms with Crippen LogP contribution >= 0.6 is 0 Å². The van der Waals surface area contributed by atoms with Crippen molar-refractivity contribution in [3.05, 3.63) is 24.3 Å². The molecule has 5 nitrogen and oxygen atoms in total. The Morgan fingerprint density at radius 1 is 1.33 bits per heavy atom. The number of amides is 1. The third kappa shape index (κ3) is 3.36. The molecule has 1 aromatic rings. The van der Waals surface area contributed by atoms with Crippen molar-refractivity contribution in [2.24, 2.45) is 5.92 Å². The molecule has 0 aliphatic carbocycles. The van der Waals surface area contributed by atoms with E-state index in [2.05, 4.69) is 15.5 Å². The number of hydrogen-bond donors (Lipinski definition) is 2. The highest BCUT2D eigenvalue weighted by Gasteiger charge is 2.33. The fourth-order valence-corrected chi connectivity index (χ4v) is 3.36. The van der Waals surface area contributed by atoms with Crippen LogP contribution in [0.1, 0.15) is 12.8 Å². The van der Waals surface area contributed by atoms with Gasteiger partial charge in [-0.1, -0.05) is 12.1 Å². The first-order valence-corrected chi connectivity index (χ1v) is 7.65. The number of ether oxygens (including phenoxy) is 1. The van der Waals surface area contributed by atoms with Crippen LogP contribution in [0.25, 0.3) is 0 Å². The Hall–Kier alpha value is -1.59. The van der Waals surface area contributed by atoms with Crippen LogP contribution < -0.4 is 15.4 Å². The number of rotatable bonds is 5. The maximum atomic E-state index is 12.1. The highest BCUT2D eigenvalue weighted by atomic mass is 16.5. The number of methoxy groups -OCH3 is 1. The summed E-state index contributed by atoms with van der Waals surface area (Å²) in [5, 5.41) is 6.32. The fourth-order valence-electron chi connectivity index (χ4n) is 3.36. The second kappa shape index (κ2) is 6.45. The Labute approximate surface area is 125 Å². The molecule has 0 radical (unpaired) electrons. The highest BCUT2D eigenvalue weighted by molar-refractivity contribution is 5.93. The second-order valence-corrected chi connectivity index (χ2v) is 5.87. The molecule has 0 saturated carbocycles. The van der Waals surface area contributed by atoms with Crippen LogP contribution in [0.2, 0.25) is 0 Å². The number of carbonyl (C=O) groups excluding carboxylic acids is 1. The molecular formula is C16H23N3O2. The molecule has 1 amide bonds. The van der Waals surface area contributed by atoms with Gasteiger partial charge in [-0.05, 0) is 44.0 Å².